The van der Waals surface area contributed by atoms with E-state index in [9.17, 15) is 14.9 Å². The van der Waals surface area contributed by atoms with Crippen molar-refractivity contribution in [3.8, 4) is 0 Å². The predicted octanol–water partition coefficient (Wildman–Crippen LogP) is 3.89. The summed E-state index contributed by atoms with van der Waals surface area (Å²) in [5.74, 6) is 0.324. The molecule has 0 saturated heterocycles. The van der Waals surface area contributed by atoms with E-state index in [2.05, 4.69) is 5.32 Å². The zero-order chi connectivity index (χ0) is 22.0. The molecule has 3 aromatic rings. The molecule has 0 saturated carbocycles. The molecule has 0 radical (unpaired) electrons. The quantitative estimate of drug-likeness (QED) is 0.482. The van der Waals surface area contributed by atoms with Gasteiger partial charge in [-0.3, -0.25) is 14.9 Å². The highest BCUT2D eigenvalue weighted by molar-refractivity contribution is 6.02. The minimum absolute atomic E-state index is 0.00255. The molecule has 0 bridgehead atoms. The Morgan fingerprint density at radius 2 is 1.87 bits per heavy atom. The lowest BCUT2D eigenvalue weighted by Crippen LogP contribution is -2.47. The standard InChI is InChI=1S/C23H22N4O4/c1-15-12-18(14-31-2)20-22(24-15)26(13-16-6-4-3-5-7-16)21(25-23(20)28)17-8-10-19(11-9-17)27(29)30/h3-12,21H,13-14H2,1-2H3,(H,25,28). The number of fused-ring (bicyclic) bond motifs is 1. The van der Waals surface area contributed by atoms with Crippen molar-refractivity contribution in [2.45, 2.75) is 26.2 Å². The molecule has 0 aliphatic carbocycles. The Bertz CT molecular complexity index is 1120. The number of carbonyl (C=O) groups is 1. The van der Waals surface area contributed by atoms with Gasteiger partial charge in [0.2, 0.25) is 0 Å². The minimum Gasteiger partial charge on any atom is -0.380 e. The van der Waals surface area contributed by atoms with Gasteiger partial charge in [0.05, 0.1) is 17.1 Å². The van der Waals surface area contributed by atoms with E-state index in [0.717, 1.165) is 22.4 Å². The molecule has 1 aliphatic rings. The first-order chi connectivity index (χ1) is 15.0. The van der Waals surface area contributed by atoms with Crippen molar-refractivity contribution in [1.82, 2.24) is 10.3 Å². The third-order valence-corrected chi connectivity index (χ3v) is 5.20. The van der Waals surface area contributed by atoms with Crippen molar-refractivity contribution in [2.75, 3.05) is 12.0 Å². The van der Waals surface area contributed by atoms with Crippen LogP contribution in [0.3, 0.4) is 0 Å². The highest BCUT2D eigenvalue weighted by atomic mass is 16.6. The number of nitro groups is 1. The number of ether oxygens (including phenoxy) is 1. The van der Waals surface area contributed by atoms with Gasteiger partial charge in [-0.05, 0) is 41.8 Å². The van der Waals surface area contributed by atoms with Crippen LogP contribution in [-0.4, -0.2) is 22.9 Å². The predicted molar refractivity (Wildman–Crippen MR) is 116 cm³/mol. The number of aryl methyl sites for hydroxylation is 1. The lowest BCUT2D eigenvalue weighted by Gasteiger charge is -2.39. The molecule has 8 nitrogen and oxygen atoms in total. The highest BCUT2D eigenvalue weighted by Crippen LogP contribution is 2.35. The SMILES string of the molecule is COCc1cc(C)nc2c1C(=O)NC(c1ccc([N+](=O)[O-])cc1)N2Cc1ccccc1. The number of benzene rings is 2. The van der Waals surface area contributed by atoms with Crippen LogP contribution in [0, 0.1) is 17.0 Å². The van der Waals surface area contributed by atoms with Crippen LogP contribution in [0.1, 0.15) is 38.9 Å². The molecule has 1 atom stereocenters. The van der Waals surface area contributed by atoms with Crippen molar-refractivity contribution in [1.29, 1.82) is 0 Å². The number of rotatable bonds is 6. The first kappa shape index (κ1) is 20.5. The fourth-order valence-electron chi connectivity index (χ4n) is 3.83. The summed E-state index contributed by atoms with van der Waals surface area (Å²) in [5.41, 5.74) is 3.81. The van der Waals surface area contributed by atoms with Gasteiger partial charge in [0, 0.05) is 31.5 Å². The lowest BCUT2D eigenvalue weighted by atomic mass is 10.0. The van der Waals surface area contributed by atoms with E-state index in [-0.39, 0.29) is 11.6 Å². The van der Waals surface area contributed by atoms with Crippen molar-refractivity contribution in [3.63, 3.8) is 0 Å². The van der Waals surface area contributed by atoms with E-state index in [4.69, 9.17) is 9.72 Å². The van der Waals surface area contributed by atoms with Gasteiger partial charge in [-0.25, -0.2) is 4.98 Å². The Balaban J connectivity index is 1.83. The Labute approximate surface area is 179 Å². The van der Waals surface area contributed by atoms with Gasteiger partial charge >= 0.3 is 0 Å². The van der Waals surface area contributed by atoms with Crippen LogP contribution in [0.4, 0.5) is 11.5 Å². The molecule has 1 aliphatic heterocycles. The third-order valence-electron chi connectivity index (χ3n) is 5.20. The molecule has 0 fully saturated rings. The van der Waals surface area contributed by atoms with Crippen LogP contribution in [0.15, 0.2) is 60.7 Å². The largest absolute Gasteiger partial charge is 0.380 e. The number of aromatic nitrogens is 1. The summed E-state index contributed by atoms with van der Waals surface area (Å²) in [5, 5.41) is 14.1. The second-order valence-electron chi connectivity index (χ2n) is 7.39. The Morgan fingerprint density at radius 3 is 2.52 bits per heavy atom. The molecule has 8 heteroatoms. The second-order valence-corrected chi connectivity index (χ2v) is 7.39. The van der Waals surface area contributed by atoms with Crippen LogP contribution in [0.25, 0.3) is 0 Å². The smallest absolute Gasteiger partial charge is 0.269 e. The molecule has 1 amide bonds. The number of carbonyl (C=O) groups excluding carboxylic acids is 1. The summed E-state index contributed by atoms with van der Waals surface area (Å²) < 4.78 is 5.31. The number of nitro benzene ring substituents is 1. The fourth-order valence-corrected chi connectivity index (χ4v) is 3.83. The number of amides is 1. The summed E-state index contributed by atoms with van der Waals surface area (Å²) in [6, 6.07) is 17.9. The number of methoxy groups -OCH3 is 1. The zero-order valence-electron chi connectivity index (χ0n) is 17.2. The average molecular weight is 418 g/mol. The first-order valence-corrected chi connectivity index (χ1v) is 9.83. The van der Waals surface area contributed by atoms with Crippen LogP contribution >= 0.6 is 0 Å². The van der Waals surface area contributed by atoms with Gasteiger partial charge in [-0.2, -0.15) is 0 Å². The first-order valence-electron chi connectivity index (χ1n) is 9.83. The van der Waals surface area contributed by atoms with E-state index < -0.39 is 11.1 Å². The number of pyridine rings is 1. The summed E-state index contributed by atoms with van der Waals surface area (Å²) in [6.45, 7) is 2.67. The summed E-state index contributed by atoms with van der Waals surface area (Å²) in [4.78, 5) is 30.4. The monoisotopic (exact) mass is 418 g/mol. The Hall–Kier alpha value is -3.78. The molecule has 31 heavy (non-hydrogen) atoms. The van der Waals surface area contributed by atoms with Crippen molar-refractivity contribution >= 4 is 17.4 Å². The molecular weight excluding hydrogens is 396 g/mol. The molecule has 158 valence electrons. The van der Waals surface area contributed by atoms with Gasteiger partial charge in [-0.15, -0.1) is 0 Å². The number of nitrogens with zero attached hydrogens (tertiary/aromatic N) is 3. The molecular formula is C23H22N4O4. The molecule has 0 spiro atoms. The topological polar surface area (TPSA) is 97.6 Å². The maximum absolute atomic E-state index is 13.1. The van der Waals surface area contributed by atoms with Gasteiger partial charge < -0.3 is 15.0 Å². The van der Waals surface area contributed by atoms with Crippen LogP contribution in [0.2, 0.25) is 0 Å². The zero-order valence-corrected chi connectivity index (χ0v) is 17.2. The van der Waals surface area contributed by atoms with Gasteiger partial charge in [-0.1, -0.05) is 30.3 Å². The molecule has 1 unspecified atom stereocenters. The summed E-state index contributed by atoms with van der Waals surface area (Å²) >= 11 is 0. The van der Waals surface area contributed by atoms with E-state index in [0.29, 0.717) is 24.5 Å². The molecule has 1 N–H and O–H groups in total. The van der Waals surface area contributed by atoms with Gasteiger partial charge in [0.25, 0.3) is 11.6 Å². The van der Waals surface area contributed by atoms with Crippen LogP contribution < -0.4 is 10.2 Å². The summed E-state index contributed by atoms with van der Waals surface area (Å²) in [7, 11) is 1.59. The average Bonchev–Trinajstić information content (AvgIpc) is 2.76. The molecule has 4 rings (SSSR count). The van der Waals surface area contributed by atoms with E-state index in [1.165, 1.54) is 12.1 Å². The van der Waals surface area contributed by atoms with Gasteiger partial charge in [0.15, 0.2) is 0 Å². The molecule has 2 heterocycles. The Morgan fingerprint density at radius 1 is 1.16 bits per heavy atom. The van der Waals surface area contributed by atoms with Crippen molar-refractivity contribution in [3.05, 3.63) is 98.7 Å². The number of hydrogen-bond donors (Lipinski definition) is 1. The normalized spacial score (nSPS) is 15.4. The van der Waals surface area contributed by atoms with Crippen LogP contribution in [-0.2, 0) is 17.9 Å². The highest BCUT2D eigenvalue weighted by Gasteiger charge is 2.35. The van der Waals surface area contributed by atoms with Gasteiger partial charge in [0.1, 0.15) is 12.0 Å². The summed E-state index contributed by atoms with van der Waals surface area (Å²) in [6.07, 6.45) is -0.522. The number of anilines is 1. The number of non-ortho nitro benzene ring substituents is 1. The maximum atomic E-state index is 13.1. The number of hydrogen-bond acceptors (Lipinski definition) is 6. The van der Waals surface area contributed by atoms with Crippen molar-refractivity contribution in [2.24, 2.45) is 0 Å². The van der Waals surface area contributed by atoms with E-state index in [1.54, 1.807) is 19.2 Å². The molecule has 2 aromatic carbocycles. The van der Waals surface area contributed by atoms with Crippen molar-refractivity contribution < 1.29 is 14.5 Å². The maximum Gasteiger partial charge on any atom is 0.269 e. The Kier molecular flexibility index (Phi) is 5.64. The third kappa shape index (κ3) is 4.10. The number of nitrogens with one attached hydrogen (secondary N) is 1. The van der Waals surface area contributed by atoms with E-state index >= 15 is 0 Å². The second kappa shape index (κ2) is 8.53. The molecule has 1 aromatic heterocycles. The minimum atomic E-state index is -0.522. The van der Waals surface area contributed by atoms with Crippen LogP contribution in [0.5, 0.6) is 0 Å². The fraction of sp³-hybridized carbons (Fsp3) is 0.217. The lowest BCUT2D eigenvalue weighted by molar-refractivity contribution is -0.384. The van der Waals surface area contributed by atoms with E-state index in [1.807, 2.05) is 48.2 Å².